The monoisotopic (exact) mass is 313 g/mol. The number of carboxylic acids is 1. The number of hydrogen-bond donors (Lipinski definition) is 1. The molecule has 1 saturated heterocycles. The van der Waals surface area contributed by atoms with E-state index in [4.69, 9.17) is 5.11 Å². The Hall–Kier alpha value is -1.89. The molecule has 114 valence electrons. The smallest absolute Gasteiger partial charge is 0.328 e. The summed E-state index contributed by atoms with van der Waals surface area (Å²) in [7, 11) is -3.04. The molecule has 5 nitrogen and oxygen atoms in total. The van der Waals surface area contributed by atoms with E-state index in [0.29, 0.717) is 24.2 Å². The fourth-order valence-corrected chi connectivity index (χ4v) is 3.50. The highest BCUT2D eigenvalue weighted by Crippen LogP contribution is 2.23. The zero-order chi connectivity index (χ0) is 15.5. The van der Waals surface area contributed by atoms with Crippen LogP contribution >= 0.6 is 0 Å². The van der Waals surface area contributed by atoms with Gasteiger partial charge in [0.05, 0.1) is 17.2 Å². The van der Waals surface area contributed by atoms with Crippen molar-refractivity contribution in [3.63, 3.8) is 0 Å². The number of aliphatic carboxylic acids is 1. The molecule has 0 radical (unpaired) electrons. The quantitative estimate of drug-likeness (QED) is 0.857. The molecule has 0 aliphatic carbocycles. The van der Waals surface area contributed by atoms with Gasteiger partial charge in [-0.1, -0.05) is 6.07 Å². The lowest BCUT2D eigenvalue weighted by Gasteiger charge is -2.22. The number of hydrogen-bond acceptors (Lipinski definition) is 4. The van der Waals surface area contributed by atoms with Crippen LogP contribution in [0.3, 0.4) is 0 Å². The molecule has 21 heavy (non-hydrogen) atoms. The van der Waals surface area contributed by atoms with Crippen molar-refractivity contribution in [2.75, 3.05) is 29.5 Å². The third kappa shape index (κ3) is 4.29. The minimum atomic E-state index is -3.04. The fraction of sp³-hybridized carbons (Fsp3) is 0.357. The Morgan fingerprint density at radius 1 is 1.29 bits per heavy atom. The van der Waals surface area contributed by atoms with Crippen LogP contribution in [-0.2, 0) is 14.6 Å². The third-order valence-corrected chi connectivity index (χ3v) is 5.00. The van der Waals surface area contributed by atoms with Crippen LogP contribution in [0.1, 0.15) is 12.0 Å². The molecule has 1 fully saturated rings. The average Bonchev–Trinajstić information content (AvgIpc) is 2.58. The van der Waals surface area contributed by atoms with E-state index in [-0.39, 0.29) is 18.1 Å². The second-order valence-electron chi connectivity index (χ2n) is 4.87. The molecular weight excluding hydrogens is 297 g/mol. The molecule has 0 atom stereocenters. The summed E-state index contributed by atoms with van der Waals surface area (Å²) in [5.74, 6) is -1.43. The number of rotatable bonds is 3. The van der Waals surface area contributed by atoms with E-state index in [1.54, 1.807) is 17.0 Å². The Balaban J connectivity index is 2.19. The largest absolute Gasteiger partial charge is 0.478 e. The van der Waals surface area contributed by atoms with E-state index in [1.807, 2.05) is 0 Å². The molecule has 7 heteroatoms. The van der Waals surface area contributed by atoms with E-state index >= 15 is 0 Å². The van der Waals surface area contributed by atoms with Gasteiger partial charge in [0.15, 0.2) is 9.84 Å². The van der Waals surface area contributed by atoms with Gasteiger partial charge in [-0.05, 0) is 30.2 Å². The Bertz CT molecular complexity index is 670. The summed E-state index contributed by atoms with van der Waals surface area (Å²) in [5.41, 5.74) is 0.792. The predicted molar refractivity (Wildman–Crippen MR) is 78.6 cm³/mol. The van der Waals surface area contributed by atoms with Crippen LogP contribution in [0, 0.1) is 5.82 Å². The molecule has 1 aromatic rings. The molecule has 2 rings (SSSR count). The highest BCUT2D eigenvalue weighted by atomic mass is 32.2. The van der Waals surface area contributed by atoms with E-state index in [9.17, 15) is 17.6 Å². The Labute approximate surface area is 122 Å². The summed E-state index contributed by atoms with van der Waals surface area (Å²) >= 11 is 0. The van der Waals surface area contributed by atoms with Gasteiger partial charge < -0.3 is 10.0 Å². The van der Waals surface area contributed by atoms with E-state index < -0.39 is 21.6 Å². The Morgan fingerprint density at radius 3 is 2.71 bits per heavy atom. The topological polar surface area (TPSA) is 74.7 Å². The summed E-state index contributed by atoms with van der Waals surface area (Å²) in [5, 5.41) is 8.54. The van der Waals surface area contributed by atoms with Gasteiger partial charge >= 0.3 is 5.97 Å². The van der Waals surface area contributed by atoms with Crippen molar-refractivity contribution in [1.82, 2.24) is 0 Å². The lowest BCUT2D eigenvalue weighted by molar-refractivity contribution is -0.131. The van der Waals surface area contributed by atoms with Gasteiger partial charge in [0.1, 0.15) is 5.82 Å². The molecule has 0 saturated carbocycles. The number of carbonyl (C=O) groups is 1. The Kier molecular flexibility index (Phi) is 4.62. The number of nitrogens with zero attached hydrogens (tertiary/aromatic N) is 1. The van der Waals surface area contributed by atoms with E-state index in [1.165, 1.54) is 12.1 Å². The molecule has 1 aliphatic rings. The van der Waals surface area contributed by atoms with Crippen LogP contribution in [0.2, 0.25) is 0 Å². The number of sulfone groups is 1. The molecule has 0 unspecified atom stereocenters. The molecule has 0 spiro atoms. The summed E-state index contributed by atoms with van der Waals surface area (Å²) in [6, 6.07) is 4.40. The van der Waals surface area contributed by atoms with Crippen molar-refractivity contribution in [3.05, 3.63) is 35.7 Å². The molecule has 1 aliphatic heterocycles. The number of anilines is 1. The fourth-order valence-electron chi connectivity index (χ4n) is 2.23. The van der Waals surface area contributed by atoms with Gasteiger partial charge in [0.25, 0.3) is 0 Å². The summed E-state index contributed by atoms with van der Waals surface area (Å²) in [6.45, 7) is 0.754. The van der Waals surface area contributed by atoms with Crippen molar-refractivity contribution in [2.24, 2.45) is 0 Å². The van der Waals surface area contributed by atoms with Crippen LogP contribution in [0.15, 0.2) is 24.3 Å². The first-order valence-corrected chi connectivity index (χ1v) is 8.35. The van der Waals surface area contributed by atoms with Crippen LogP contribution in [-0.4, -0.2) is 44.1 Å². The second-order valence-corrected chi connectivity index (χ2v) is 7.18. The zero-order valence-corrected chi connectivity index (χ0v) is 12.1. The first-order chi connectivity index (χ1) is 9.87. The Morgan fingerprint density at radius 2 is 2.05 bits per heavy atom. The number of carboxylic acid groups (broad SMARTS) is 1. The minimum absolute atomic E-state index is 0.0209. The van der Waals surface area contributed by atoms with Crippen LogP contribution < -0.4 is 4.90 Å². The van der Waals surface area contributed by atoms with Gasteiger partial charge in [-0.2, -0.15) is 0 Å². The molecule has 1 aromatic carbocycles. The summed E-state index contributed by atoms with van der Waals surface area (Å²) in [6.07, 6.45) is 2.72. The highest BCUT2D eigenvalue weighted by Gasteiger charge is 2.21. The zero-order valence-electron chi connectivity index (χ0n) is 11.3. The van der Waals surface area contributed by atoms with Crippen molar-refractivity contribution in [3.8, 4) is 0 Å². The second kappa shape index (κ2) is 6.26. The third-order valence-electron chi connectivity index (χ3n) is 3.29. The SMILES string of the molecule is O=C(O)/C=C/c1ccc(N2CCCS(=O)(=O)CC2)c(F)c1. The standard InChI is InChI=1S/C14H16FNO4S/c15-12-10-11(3-5-14(17)18)2-4-13(12)16-6-1-8-21(19,20)9-7-16/h2-5,10H,1,6-9H2,(H,17,18)/b5-3+. The van der Waals surface area contributed by atoms with Crippen LogP contribution in [0.25, 0.3) is 6.08 Å². The highest BCUT2D eigenvalue weighted by molar-refractivity contribution is 7.91. The van der Waals surface area contributed by atoms with Gasteiger partial charge in [0, 0.05) is 19.2 Å². The van der Waals surface area contributed by atoms with Crippen molar-refractivity contribution in [2.45, 2.75) is 6.42 Å². The lowest BCUT2D eigenvalue weighted by Crippen LogP contribution is -2.27. The maximum atomic E-state index is 14.1. The molecule has 0 amide bonds. The molecule has 1 heterocycles. The van der Waals surface area contributed by atoms with Crippen molar-refractivity contribution < 1.29 is 22.7 Å². The normalized spacial score (nSPS) is 18.6. The maximum Gasteiger partial charge on any atom is 0.328 e. The van der Waals surface area contributed by atoms with Gasteiger partial charge in [-0.25, -0.2) is 17.6 Å². The van der Waals surface area contributed by atoms with E-state index in [2.05, 4.69) is 0 Å². The minimum Gasteiger partial charge on any atom is -0.478 e. The predicted octanol–water partition coefficient (Wildman–Crippen LogP) is 1.55. The van der Waals surface area contributed by atoms with Crippen molar-refractivity contribution in [1.29, 1.82) is 0 Å². The maximum absolute atomic E-state index is 14.1. The number of halogens is 1. The lowest BCUT2D eigenvalue weighted by atomic mass is 10.1. The van der Waals surface area contributed by atoms with Gasteiger partial charge in [0.2, 0.25) is 0 Å². The first-order valence-electron chi connectivity index (χ1n) is 6.53. The van der Waals surface area contributed by atoms with Crippen LogP contribution in [0.4, 0.5) is 10.1 Å². The average molecular weight is 313 g/mol. The van der Waals surface area contributed by atoms with E-state index in [0.717, 1.165) is 6.08 Å². The molecule has 0 aromatic heterocycles. The summed E-state index contributed by atoms with van der Waals surface area (Å²) in [4.78, 5) is 12.1. The molecular formula is C14H16FNO4S. The van der Waals surface area contributed by atoms with Crippen LogP contribution in [0.5, 0.6) is 0 Å². The first kappa shape index (κ1) is 15.5. The van der Waals surface area contributed by atoms with Crippen molar-refractivity contribution >= 4 is 27.6 Å². The number of benzene rings is 1. The van der Waals surface area contributed by atoms with Gasteiger partial charge in [-0.3, -0.25) is 0 Å². The molecule has 1 N–H and O–H groups in total. The van der Waals surface area contributed by atoms with Gasteiger partial charge in [-0.15, -0.1) is 0 Å². The summed E-state index contributed by atoms with van der Waals surface area (Å²) < 4.78 is 37.2. The molecule has 0 bridgehead atoms.